The molecule has 5 nitrogen and oxygen atoms in total. The van der Waals surface area contributed by atoms with Crippen molar-refractivity contribution in [3.63, 3.8) is 0 Å². The Hall–Kier alpha value is -1.30. The average Bonchev–Trinajstić information content (AvgIpc) is 3.26. The van der Waals surface area contributed by atoms with E-state index in [2.05, 4.69) is 21.3 Å². The number of carbonyl (C=O) groups is 1. The third kappa shape index (κ3) is 3.67. The second-order valence-electron chi connectivity index (χ2n) is 5.65. The molecule has 1 fully saturated rings. The maximum Gasteiger partial charge on any atom is 0.237 e. The number of nitrogens with zero attached hydrogens (tertiary/aromatic N) is 3. The van der Waals surface area contributed by atoms with Crippen LogP contribution in [0.1, 0.15) is 57.2 Å². The number of H-pyrrole nitrogens is 1. The van der Waals surface area contributed by atoms with Gasteiger partial charge in [-0.2, -0.15) is 0 Å². The Labute approximate surface area is 129 Å². The monoisotopic (exact) mass is 306 g/mol. The van der Waals surface area contributed by atoms with E-state index in [9.17, 15) is 4.79 Å². The van der Waals surface area contributed by atoms with E-state index in [1.54, 1.807) is 0 Å². The Morgan fingerprint density at radius 1 is 1.48 bits per heavy atom. The maximum atomic E-state index is 12.4. The molecular weight excluding hydrogens is 284 g/mol. The first-order chi connectivity index (χ1) is 10.3. The molecule has 0 aromatic carbocycles. The van der Waals surface area contributed by atoms with Gasteiger partial charge in [-0.05, 0) is 45.4 Å². The standard InChI is InChI=1S/C15H22N4OS/c1-2-19(12-6-4-3-5-7-12)13(20)10-21-15-16-14(17-18-15)11-8-9-11/h6,11H,2-5,7-10H2,1H3,(H,16,17,18). The highest BCUT2D eigenvalue weighted by Crippen LogP contribution is 2.38. The third-order valence-electron chi connectivity index (χ3n) is 4.00. The summed E-state index contributed by atoms with van der Waals surface area (Å²) in [4.78, 5) is 18.8. The minimum Gasteiger partial charge on any atom is -0.316 e. The van der Waals surface area contributed by atoms with Crippen LogP contribution in [-0.2, 0) is 4.79 Å². The van der Waals surface area contributed by atoms with Crippen molar-refractivity contribution < 1.29 is 4.79 Å². The van der Waals surface area contributed by atoms with E-state index in [4.69, 9.17) is 0 Å². The molecule has 1 amide bonds. The summed E-state index contributed by atoms with van der Waals surface area (Å²) in [5, 5.41) is 7.86. The van der Waals surface area contributed by atoms with E-state index in [1.807, 2.05) is 11.8 Å². The molecule has 0 radical (unpaired) electrons. The lowest BCUT2D eigenvalue weighted by Gasteiger charge is -2.26. The van der Waals surface area contributed by atoms with E-state index in [-0.39, 0.29) is 5.91 Å². The van der Waals surface area contributed by atoms with E-state index in [0.717, 1.165) is 25.2 Å². The Kier molecular flexibility index (Phi) is 4.63. The molecule has 3 rings (SSSR count). The first-order valence-electron chi connectivity index (χ1n) is 7.82. The van der Waals surface area contributed by atoms with Gasteiger partial charge in [-0.25, -0.2) is 4.98 Å². The van der Waals surface area contributed by atoms with E-state index >= 15 is 0 Å². The lowest BCUT2D eigenvalue weighted by Crippen LogP contribution is -2.32. The van der Waals surface area contributed by atoms with Crippen LogP contribution in [0.15, 0.2) is 16.9 Å². The molecule has 1 heterocycles. The highest BCUT2D eigenvalue weighted by Gasteiger charge is 2.27. The molecule has 2 aliphatic carbocycles. The highest BCUT2D eigenvalue weighted by molar-refractivity contribution is 7.99. The molecule has 2 aliphatic rings. The number of allylic oxidation sites excluding steroid dienone is 2. The van der Waals surface area contributed by atoms with Gasteiger partial charge < -0.3 is 4.90 Å². The quantitative estimate of drug-likeness (QED) is 0.820. The van der Waals surface area contributed by atoms with Crippen LogP contribution in [0.2, 0.25) is 0 Å². The fourth-order valence-corrected chi connectivity index (χ4v) is 3.35. The van der Waals surface area contributed by atoms with Crippen molar-refractivity contribution in [2.75, 3.05) is 12.3 Å². The fraction of sp³-hybridized carbons (Fsp3) is 0.667. The maximum absolute atomic E-state index is 12.4. The summed E-state index contributed by atoms with van der Waals surface area (Å²) in [6, 6.07) is 0. The zero-order valence-corrected chi connectivity index (χ0v) is 13.3. The molecule has 21 heavy (non-hydrogen) atoms. The molecule has 0 spiro atoms. The van der Waals surface area contributed by atoms with Crippen LogP contribution in [0.5, 0.6) is 0 Å². The summed E-state index contributed by atoms with van der Waals surface area (Å²) in [6.45, 7) is 2.78. The zero-order chi connectivity index (χ0) is 14.7. The van der Waals surface area contributed by atoms with Crippen LogP contribution in [0, 0.1) is 0 Å². The largest absolute Gasteiger partial charge is 0.316 e. The molecule has 1 aromatic heterocycles. The van der Waals surface area contributed by atoms with E-state index < -0.39 is 0 Å². The van der Waals surface area contributed by atoms with Gasteiger partial charge in [0.25, 0.3) is 0 Å². The Morgan fingerprint density at radius 3 is 3.00 bits per heavy atom. The first-order valence-corrected chi connectivity index (χ1v) is 8.81. The van der Waals surface area contributed by atoms with Crippen molar-refractivity contribution in [3.05, 3.63) is 17.6 Å². The van der Waals surface area contributed by atoms with Crippen molar-refractivity contribution in [1.29, 1.82) is 0 Å². The van der Waals surface area contributed by atoms with Crippen molar-refractivity contribution in [1.82, 2.24) is 20.1 Å². The molecule has 6 heteroatoms. The second kappa shape index (κ2) is 6.64. The highest BCUT2D eigenvalue weighted by atomic mass is 32.2. The number of carbonyl (C=O) groups excluding carboxylic acids is 1. The second-order valence-corrected chi connectivity index (χ2v) is 6.59. The lowest BCUT2D eigenvalue weighted by atomic mass is 10.0. The number of hydrogen-bond acceptors (Lipinski definition) is 4. The predicted octanol–water partition coefficient (Wildman–Crippen LogP) is 3.08. The predicted molar refractivity (Wildman–Crippen MR) is 83.0 cm³/mol. The average molecular weight is 306 g/mol. The molecule has 114 valence electrons. The number of rotatable bonds is 6. The summed E-state index contributed by atoms with van der Waals surface area (Å²) < 4.78 is 0. The van der Waals surface area contributed by atoms with Gasteiger partial charge in [0.05, 0.1) is 5.75 Å². The normalized spacial score (nSPS) is 18.4. The van der Waals surface area contributed by atoms with Gasteiger partial charge in [-0.1, -0.05) is 17.8 Å². The minimum absolute atomic E-state index is 0.161. The van der Waals surface area contributed by atoms with Crippen LogP contribution < -0.4 is 0 Å². The van der Waals surface area contributed by atoms with Gasteiger partial charge in [0.15, 0.2) is 0 Å². The third-order valence-corrected chi connectivity index (χ3v) is 4.83. The molecule has 0 atom stereocenters. The van der Waals surface area contributed by atoms with Gasteiger partial charge in [-0.3, -0.25) is 9.89 Å². The van der Waals surface area contributed by atoms with Gasteiger partial charge in [0.2, 0.25) is 11.1 Å². The topological polar surface area (TPSA) is 61.9 Å². The number of thioether (sulfide) groups is 1. The van der Waals surface area contributed by atoms with E-state index in [1.165, 1.54) is 43.1 Å². The van der Waals surface area contributed by atoms with Crippen LogP contribution in [0.3, 0.4) is 0 Å². The fourth-order valence-electron chi connectivity index (χ4n) is 2.67. The first kappa shape index (κ1) is 14.6. The summed E-state index contributed by atoms with van der Waals surface area (Å²) in [5.41, 5.74) is 1.20. The molecule has 0 saturated heterocycles. The van der Waals surface area contributed by atoms with Gasteiger partial charge in [-0.15, -0.1) is 5.10 Å². The number of nitrogens with one attached hydrogen (secondary N) is 1. The molecule has 1 N–H and O–H groups in total. The number of hydrogen-bond donors (Lipinski definition) is 1. The summed E-state index contributed by atoms with van der Waals surface area (Å²) in [6.07, 6.45) is 9.17. The van der Waals surface area contributed by atoms with Crippen LogP contribution in [0.25, 0.3) is 0 Å². The lowest BCUT2D eigenvalue weighted by molar-refractivity contribution is -0.126. The van der Waals surface area contributed by atoms with E-state index in [0.29, 0.717) is 16.8 Å². The van der Waals surface area contributed by atoms with Crippen LogP contribution in [0.4, 0.5) is 0 Å². The summed E-state index contributed by atoms with van der Waals surface area (Å²) in [5.74, 6) is 2.12. The van der Waals surface area contributed by atoms with Crippen molar-refractivity contribution >= 4 is 17.7 Å². The Bertz CT molecular complexity index is 536. The van der Waals surface area contributed by atoms with Gasteiger partial charge >= 0.3 is 0 Å². The summed E-state index contributed by atoms with van der Waals surface area (Å²) >= 11 is 1.43. The summed E-state index contributed by atoms with van der Waals surface area (Å²) in [7, 11) is 0. The van der Waals surface area contributed by atoms with Gasteiger partial charge in [0, 0.05) is 18.2 Å². The SMILES string of the molecule is CCN(C(=O)CSc1n[nH]c(C2CC2)n1)C1=CCCCC1. The number of amides is 1. The Morgan fingerprint density at radius 2 is 2.33 bits per heavy atom. The smallest absolute Gasteiger partial charge is 0.237 e. The minimum atomic E-state index is 0.161. The molecule has 1 saturated carbocycles. The molecule has 1 aromatic rings. The van der Waals surface area contributed by atoms with Gasteiger partial charge in [0.1, 0.15) is 5.82 Å². The molecule has 0 aliphatic heterocycles. The van der Waals surface area contributed by atoms with Crippen LogP contribution in [-0.4, -0.2) is 38.3 Å². The zero-order valence-electron chi connectivity index (χ0n) is 12.5. The Balaban J connectivity index is 1.55. The molecule has 0 bridgehead atoms. The molecular formula is C15H22N4OS. The van der Waals surface area contributed by atoms with Crippen LogP contribution >= 0.6 is 11.8 Å². The number of aromatic amines is 1. The van der Waals surface area contributed by atoms with Crippen molar-refractivity contribution in [2.24, 2.45) is 0 Å². The van der Waals surface area contributed by atoms with Crippen molar-refractivity contribution in [3.8, 4) is 0 Å². The number of aromatic nitrogens is 3. The van der Waals surface area contributed by atoms with Crippen molar-refractivity contribution in [2.45, 2.75) is 56.5 Å². The molecule has 0 unspecified atom stereocenters.